The van der Waals surface area contributed by atoms with Crippen LogP contribution in [0.4, 0.5) is 5.69 Å². The molecule has 0 aliphatic carbocycles. The van der Waals surface area contributed by atoms with Gasteiger partial charge in [-0.3, -0.25) is 0 Å². The van der Waals surface area contributed by atoms with Crippen LogP contribution in [0.25, 0.3) is 11.0 Å². The quantitative estimate of drug-likeness (QED) is 0.318. The molecule has 4 unspecified atom stereocenters. The molecule has 0 radical (unpaired) electrons. The molecule has 0 bridgehead atoms. The van der Waals surface area contributed by atoms with Gasteiger partial charge in [-0.05, 0) is 18.2 Å². The number of anilines is 1. The van der Waals surface area contributed by atoms with E-state index < -0.39 is 36.6 Å². The molecule has 4 atom stereocenters. The van der Waals surface area contributed by atoms with Crippen LogP contribution in [0, 0.1) is 0 Å². The van der Waals surface area contributed by atoms with E-state index in [-0.39, 0.29) is 5.58 Å². The van der Waals surface area contributed by atoms with Gasteiger partial charge in [0.15, 0.2) is 0 Å². The third kappa shape index (κ3) is 3.93. The van der Waals surface area contributed by atoms with Crippen LogP contribution >= 0.6 is 0 Å². The minimum Gasteiger partial charge on any atom is -0.423 e. The van der Waals surface area contributed by atoms with Crippen LogP contribution < -0.4 is 10.9 Å². The molecule has 0 aliphatic heterocycles. The molecule has 1 aromatic heterocycles. The minimum atomic E-state index is -1.71. The highest BCUT2D eigenvalue weighted by atomic mass is 16.4. The standard InChI is InChI=1S/C15H17NO7/c17-6-10(14(21)15(22)11(19)7-18)16-9-3-1-8-2-4-13(20)23-12(8)5-9/h1-6,10-11,14-16,18-19,21-22H,7H2. The van der Waals surface area contributed by atoms with Crippen molar-refractivity contribution in [1.82, 2.24) is 0 Å². The van der Waals surface area contributed by atoms with Crippen LogP contribution in [0.2, 0.25) is 0 Å². The lowest BCUT2D eigenvalue weighted by molar-refractivity contribution is -0.117. The molecule has 1 heterocycles. The SMILES string of the molecule is O=CC(Nc1ccc2ccc(=O)oc2c1)C(O)C(O)C(O)CO. The molecule has 0 saturated heterocycles. The van der Waals surface area contributed by atoms with Crippen molar-refractivity contribution in [3.8, 4) is 0 Å². The highest BCUT2D eigenvalue weighted by Gasteiger charge is 2.31. The van der Waals surface area contributed by atoms with Crippen molar-refractivity contribution < 1.29 is 29.6 Å². The van der Waals surface area contributed by atoms with Gasteiger partial charge in [-0.15, -0.1) is 0 Å². The summed E-state index contributed by atoms with van der Waals surface area (Å²) in [5, 5.41) is 41.0. The summed E-state index contributed by atoms with van der Waals surface area (Å²) in [6.07, 6.45) is -4.57. The van der Waals surface area contributed by atoms with Gasteiger partial charge < -0.3 is 35.0 Å². The van der Waals surface area contributed by atoms with Crippen LogP contribution in [0.15, 0.2) is 39.5 Å². The Balaban J connectivity index is 2.21. The summed E-state index contributed by atoms with van der Waals surface area (Å²) >= 11 is 0. The van der Waals surface area contributed by atoms with E-state index in [9.17, 15) is 24.9 Å². The van der Waals surface area contributed by atoms with Gasteiger partial charge in [0.25, 0.3) is 0 Å². The zero-order chi connectivity index (χ0) is 17.0. The van der Waals surface area contributed by atoms with Crippen LogP contribution in [0.5, 0.6) is 0 Å². The number of aliphatic hydroxyl groups excluding tert-OH is 4. The second-order valence-corrected chi connectivity index (χ2v) is 5.04. The highest BCUT2D eigenvalue weighted by Crippen LogP contribution is 2.19. The van der Waals surface area contributed by atoms with Crippen molar-refractivity contribution in [2.24, 2.45) is 0 Å². The third-order valence-corrected chi connectivity index (χ3v) is 3.40. The first kappa shape index (κ1) is 17.1. The fraction of sp³-hybridized carbons (Fsp3) is 0.333. The van der Waals surface area contributed by atoms with Gasteiger partial charge in [0.2, 0.25) is 0 Å². The maximum atomic E-state index is 11.2. The van der Waals surface area contributed by atoms with E-state index in [0.29, 0.717) is 17.4 Å². The van der Waals surface area contributed by atoms with Crippen molar-refractivity contribution in [1.29, 1.82) is 0 Å². The lowest BCUT2D eigenvalue weighted by atomic mass is 10.0. The fourth-order valence-corrected chi connectivity index (χ4v) is 2.09. The summed E-state index contributed by atoms with van der Waals surface area (Å²) in [5.41, 5.74) is 0.134. The summed E-state index contributed by atoms with van der Waals surface area (Å²) in [7, 11) is 0. The van der Waals surface area contributed by atoms with E-state index in [1.54, 1.807) is 18.2 Å². The first-order chi connectivity index (χ1) is 11.0. The molecule has 23 heavy (non-hydrogen) atoms. The van der Waals surface area contributed by atoms with Gasteiger partial charge in [-0.25, -0.2) is 4.79 Å². The van der Waals surface area contributed by atoms with Gasteiger partial charge in [0.1, 0.15) is 36.2 Å². The Kier molecular flexibility index (Phi) is 5.45. The average Bonchev–Trinajstić information content (AvgIpc) is 2.57. The molecule has 0 saturated carbocycles. The molecule has 2 rings (SSSR count). The Morgan fingerprint density at radius 3 is 2.48 bits per heavy atom. The largest absolute Gasteiger partial charge is 0.423 e. The Labute approximate surface area is 130 Å². The van der Waals surface area contributed by atoms with E-state index in [0.717, 1.165) is 0 Å². The molecule has 2 aromatic rings. The summed E-state index contributed by atoms with van der Waals surface area (Å²) < 4.78 is 5.01. The summed E-state index contributed by atoms with van der Waals surface area (Å²) in [6.45, 7) is -0.759. The molecular formula is C15H17NO7. The molecule has 124 valence electrons. The molecule has 0 aliphatic rings. The van der Waals surface area contributed by atoms with Crippen molar-refractivity contribution in [2.75, 3.05) is 11.9 Å². The Morgan fingerprint density at radius 1 is 1.13 bits per heavy atom. The predicted molar refractivity (Wildman–Crippen MR) is 81.1 cm³/mol. The van der Waals surface area contributed by atoms with Crippen molar-refractivity contribution >= 4 is 22.9 Å². The van der Waals surface area contributed by atoms with Gasteiger partial charge in [-0.1, -0.05) is 0 Å². The van der Waals surface area contributed by atoms with Crippen LogP contribution in [0.3, 0.4) is 0 Å². The van der Waals surface area contributed by atoms with Crippen LogP contribution in [0.1, 0.15) is 0 Å². The number of aliphatic hydroxyl groups is 4. The van der Waals surface area contributed by atoms with E-state index in [2.05, 4.69) is 5.32 Å². The predicted octanol–water partition coefficient (Wildman–Crippen LogP) is -1.15. The van der Waals surface area contributed by atoms with Gasteiger partial charge in [0.05, 0.1) is 6.61 Å². The summed E-state index contributed by atoms with van der Waals surface area (Å²) in [4.78, 5) is 22.3. The van der Waals surface area contributed by atoms with Crippen molar-refractivity contribution in [3.63, 3.8) is 0 Å². The first-order valence-corrected chi connectivity index (χ1v) is 6.87. The number of hydrogen-bond donors (Lipinski definition) is 5. The lowest BCUT2D eigenvalue weighted by Crippen LogP contribution is -2.49. The monoisotopic (exact) mass is 323 g/mol. The zero-order valence-electron chi connectivity index (χ0n) is 12.0. The number of carbonyl (C=O) groups is 1. The smallest absolute Gasteiger partial charge is 0.336 e. The molecule has 0 spiro atoms. The van der Waals surface area contributed by atoms with Crippen LogP contribution in [-0.2, 0) is 4.79 Å². The number of nitrogens with one attached hydrogen (secondary N) is 1. The number of aldehydes is 1. The van der Waals surface area contributed by atoms with E-state index in [1.165, 1.54) is 12.1 Å². The van der Waals surface area contributed by atoms with Crippen LogP contribution in [-0.4, -0.2) is 57.7 Å². The van der Waals surface area contributed by atoms with Crippen molar-refractivity contribution in [3.05, 3.63) is 40.8 Å². The Hall–Kier alpha value is -2.26. The van der Waals surface area contributed by atoms with Gasteiger partial charge >= 0.3 is 5.63 Å². The highest BCUT2D eigenvalue weighted by molar-refractivity contribution is 5.81. The second-order valence-electron chi connectivity index (χ2n) is 5.04. The Morgan fingerprint density at radius 2 is 1.83 bits per heavy atom. The topological polar surface area (TPSA) is 140 Å². The Bertz CT molecular complexity index is 729. The van der Waals surface area contributed by atoms with E-state index in [1.807, 2.05) is 0 Å². The number of rotatable bonds is 7. The number of fused-ring (bicyclic) bond motifs is 1. The molecule has 0 amide bonds. The van der Waals surface area contributed by atoms with Gasteiger partial charge in [-0.2, -0.15) is 0 Å². The minimum absolute atomic E-state index is 0.289. The zero-order valence-corrected chi connectivity index (χ0v) is 12.0. The van der Waals surface area contributed by atoms with E-state index in [4.69, 9.17) is 9.52 Å². The van der Waals surface area contributed by atoms with Gasteiger partial charge in [0, 0.05) is 23.2 Å². The average molecular weight is 323 g/mol. The molecule has 0 fully saturated rings. The third-order valence-electron chi connectivity index (χ3n) is 3.40. The fourth-order valence-electron chi connectivity index (χ4n) is 2.09. The summed E-state index contributed by atoms with van der Waals surface area (Å²) in [6, 6.07) is 6.33. The summed E-state index contributed by atoms with van der Waals surface area (Å²) in [5.74, 6) is 0. The maximum Gasteiger partial charge on any atom is 0.336 e. The molecule has 8 nitrogen and oxygen atoms in total. The molecule has 8 heteroatoms. The lowest BCUT2D eigenvalue weighted by Gasteiger charge is -2.26. The maximum absolute atomic E-state index is 11.2. The van der Waals surface area contributed by atoms with Crippen molar-refractivity contribution in [2.45, 2.75) is 24.4 Å². The molecule has 1 aromatic carbocycles. The molecular weight excluding hydrogens is 306 g/mol. The normalized spacial score (nSPS) is 16.5. The van der Waals surface area contributed by atoms with E-state index >= 15 is 0 Å². The number of hydrogen-bond acceptors (Lipinski definition) is 8. The number of benzene rings is 1. The molecule has 5 N–H and O–H groups in total. The second kappa shape index (κ2) is 7.34. The number of carbonyl (C=O) groups excluding carboxylic acids is 1. The first-order valence-electron chi connectivity index (χ1n) is 6.87.